The van der Waals surface area contributed by atoms with E-state index < -0.39 is 10.0 Å². The van der Waals surface area contributed by atoms with Gasteiger partial charge in [-0.05, 0) is 30.2 Å². The first-order valence-electron chi connectivity index (χ1n) is 7.19. The molecule has 1 fully saturated rings. The standard InChI is InChI=1S/C15H16ClN3O3S/c16-13-5-3-12(4-6-13)11-23(20,21)19-9-7-14(10-19)22-15-2-1-8-17-18-15/h1-6,8,14H,7,9-11H2. The quantitative estimate of drug-likeness (QED) is 0.823. The van der Waals surface area contributed by atoms with Crippen molar-refractivity contribution in [1.29, 1.82) is 0 Å². The molecule has 23 heavy (non-hydrogen) atoms. The summed E-state index contributed by atoms with van der Waals surface area (Å²) in [5.41, 5.74) is 0.715. The van der Waals surface area contributed by atoms with Crippen LogP contribution in [0.2, 0.25) is 5.02 Å². The normalized spacial score (nSPS) is 18.9. The Labute approximate surface area is 140 Å². The average molecular weight is 354 g/mol. The fourth-order valence-corrected chi connectivity index (χ4v) is 4.15. The highest BCUT2D eigenvalue weighted by Crippen LogP contribution is 2.21. The summed E-state index contributed by atoms with van der Waals surface area (Å²) in [6.45, 7) is 0.771. The Balaban J connectivity index is 1.62. The number of aromatic nitrogens is 2. The molecule has 2 aromatic rings. The minimum absolute atomic E-state index is 0.0397. The zero-order valence-electron chi connectivity index (χ0n) is 12.3. The highest BCUT2D eigenvalue weighted by Gasteiger charge is 2.32. The molecule has 0 amide bonds. The fourth-order valence-electron chi connectivity index (χ4n) is 2.45. The van der Waals surface area contributed by atoms with Crippen molar-refractivity contribution in [1.82, 2.24) is 14.5 Å². The molecule has 0 radical (unpaired) electrons. The molecule has 1 aliphatic rings. The molecule has 0 saturated carbocycles. The number of ether oxygens (including phenoxy) is 1. The van der Waals surface area contributed by atoms with Gasteiger partial charge in [0.2, 0.25) is 15.9 Å². The minimum atomic E-state index is -3.38. The molecular formula is C15H16ClN3O3S. The molecule has 8 heteroatoms. The van der Waals surface area contributed by atoms with Gasteiger partial charge in [0.15, 0.2) is 0 Å². The van der Waals surface area contributed by atoms with Gasteiger partial charge in [0.05, 0.1) is 12.3 Å². The SMILES string of the molecule is O=S(=O)(Cc1ccc(Cl)cc1)N1CCC(Oc2cccnn2)C1. The monoisotopic (exact) mass is 353 g/mol. The Morgan fingerprint density at radius 1 is 1.26 bits per heavy atom. The van der Waals surface area contributed by atoms with Crippen LogP contribution in [0.4, 0.5) is 0 Å². The van der Waals surface area contributed by atoms with Crippen LogP contribution in [0.25, 0.3) is 0 Å². The lowest BCUT2D eigenvalue weighted by molar-refractivity contribution is 0.204. The van der Waals surface area contributed by atoms with Gasteiger partial charge in [0.1, 0.15) is 6.10 Å². The first-order valence-corrected chi connectivity index (χ1v) is 9.18. The second kappa shape index (κ2) is 6.82. The molecule has 2 heterocycles. The van der Waals surface area contributed by atoms with Gasteiger partial charge in [-0.25, -0.2) is 8.42 Å². The van der Waals surface area contributed by atoms with Crippen molar-refractivity contribution in [3.63, 3.8) is 0 Å². The highest BCUT2D eigenvalue weighted by molar-refractivity contribution is 7.88. The van der Waals surface area contributed by atoms with Gasteiger partial charge >= 0.3 is 0 Å². The van der Waals surface area contributed by atoms with E-state index in [2.05, 4.69) is 10.2 Å². The molecular weight excluding hydrogens is 338 g/mol. The number of halogens is 1. The molecule has 0 N–H and O–H groups in total. The van der Waals surface area contributed by atoms with E-state index in [0.29, 0.717) is 36.0 Å². The first kappa shape index (κ1) is 16.2. The lowest BCUT2D eigenvalue weighted by atomic mass is 10.2. The third kappa shape index (κ3) is 4.19. The molecule has 122 valence electrons. The minimum Gasteiger partial charge on any atom is -0.472 e. The van der Waals surface area contributed by atoms with Gasteiger partial charge in [-0.3, -0.25) is 0 Å². The van der Waals surface area contributed by atoms with Crippen molar-refractivity contribution in [2.75, 3.05) is 13.1 Å². The summed E-state index contributed by atoms with van der Waals surface area (Å²) < 4.78 is 32.1. The van der Waals surface area contributed by atoms with Crippen molar-refractivity contribution in [3.05, 3.63) is 53.2 Å². The number of sulfonamides is 1. The van der Waals surface area contributed by atoms with Crippen LogP contribution in [0.15, 0.2) is 42.6 Å². The number of hydrogen-bond donors (Lipinski definition) is 0. The zero-order chi connectivity index (χ0) is 16.3. The first-order chi connectivity index (χ1) is 11.0. The number of nitrogens with zero attached hydrogens (tertiary/aromatic N) is 3. The van der Waals surface area contributed by atoms with Crippen molar-refractivity contribution >= 4 is 21.6 Å². The summed E-state index contributed by atoms with van der Waals surface area (Å²) in [6.07, 6.45) is 1.99. The van der Waals surface area contributed by atoms with E-state index in [-0.39, 0.29) is 11.9 Å². The average Bonchev–Trinajstić information content (AvgIpc) is 3.00. The van der Waals surface area contributed by atoms with Crippen molar-refractivity contribution in [2.45, 2.75) is 18.3 Å². The second-order valence-corrected chi connectivity index (χ2v) is 7.74. The van der Waals surface area contributed by atoms with Gasteiger partial charge in [-0.15, -0.1) is 5.10 Å². The van der Waals surface area contributed by atoms with Crippen LogP contribution in [-0.4, -0.2) is 42.1 Å². The molecule has 3 rings (SSSR count). The smallest absolute Gasteiger partial charge is 0.233 e. The molecule has 1 aromatic carbocycles. The number of benzene rings is 1. The Morgan fingerprint density at radius 3 is 2.74 bits per heavy atom. The van der Waals surface area contributed by atoms with Crippen LogP contribution in [0.1, 0.15) is 12.0 Å². The molecule has 0 aliphatic carbocycles. The van der Waals surface area contributed by atoms with E-state index in [1.54, 1.807) is 42.6 Å². The summed E-state index contributed by atoms with van der Waals surface area (Å²) in [4.78, 5) is 0. The van der Waals surface area contributed by atoms with Gasteiger partial charge in [0, 0.05) is 23.8 Å². The van der Waals surface area contributed by atoms with E-state index in [4.69, 9.17) is 16.3 Å². The van der Waals surface area contributed by atoms with Crippen LogP contribution >= 0.6 is 11.6 Å². The molecule has 6 nitrogen and oxygen atoms in total. The van der Waals surface area contributed by atoms with E-state index >= 15 is 0 Å². The predicted octanol–water partition coefficient (Wildman–Crippen LogP) is 2.11. The van der Waals surface area contributed by atoms with Crippen molar-refractivity contribution < 1.29 is 13.2 Å². The Bertz CT molecular complexity index is 753. The lowest BCUT2D eigenvalue weighted by Crippen LogP contribution is -2.32. The summed E-state index contributed by atoms with van der Waals surface area (Å²) in [5, 5.41) is 8.18. The van der Waals surface area contributed by atoms with Crippen LogP contribution < -0.4 is 4.74 Å². The molecule has 0 spiro atoms. The van der Waals surface area contributed by atoms with Gasteiger partial charge in [-0.1, -0.05) is 23.7 Å². The molecule has 0 bridgehead atoms. The lowest BCUT2D eigenvalue weighted by Gasteiger charge is -2.17. The van der Waals surface area contributed by atoms with Gasteiger partial charge in [-0.2, -0.15) is 9.40 Å². The maximum absolute atomic E-state index is 12.5. The summed E-state index contributed by atoms with van der Waals surface area (Å²) in [5.74, 6) is 0.372. The van der Waals surface area contributed by atoms with E-state index in [9.17, 15) is 8.42 Å². The largest absolute Gasteiger partial charge is 0.472 e. The summed E-state index contributed by atoms with van der Waals surface area (Å²) in [7, 11) is -3.38. The molecule has 1 unspecified atom stereocenters. The van der Waals surface area contributed by atoms with Crippen LogP contribution in [0.5, 0.6) is 5.88 Å². The molecule has 1 aliphatic heterocycles. The summed E-state index contributed by atoms with van der Waals surface area (Å²) in [6, 6.07) is 10.3. The third-order valence-electron chi connectivity index (χ3n) is 3.60. The highest BCUT2D eigenvalue weighted by atomic mass is 35.5. The number of rotatable bonds is 5. The zero-order valence-corrected chi connectivity index (χ0v) is 13.9. The van der Waals surface area contributed by atoms with Crippen LogP contribution in [0, 0.1) is 0 Å². The fraction of sp³-hybridized carbons (Fsp3) is 0.333. The van der Waals surface area contributed by atoms with Gasteiger partial charge in [0.25, 0.3) is 0 Å². The van der Waals surface area contributed by atoms with Crippen molar-refractivity contribution in [2.24, 2.45) is 0 Å². The van der Waals surface area contributed by atoms with Crippen molar-refractivity contribution in [3.8, 4) is 5.88 Å². The topological polar surface area (TPSA) is 72.4 Å². The van der Waals surface area contributed by atoms with E-state index in [1.165, 1.54) is 4.31 Å². The van der Waals surface area contributed by atoms with E-state index in [1.807, 2.05) is 0 Å². The Kier molecular flexibility index (Phi) is 4.79. The van der Waals surface area contributed by atoms with Crippen LogP contribution in [0.3, 0.4) is 0 Å². The van der Waals surface area contributed by atoms with Gasteiger partial charge < -0.3 is 4.74 Å². The molecule has 1 saturated heterocycles. The van der Waals surface area contributed by atoms with E-state index in [0.717, 1.165) is 0 Å². The Hall–Kier alpha value is -1.70. The summed E-state index contributed by atoms with van der Waals surface area (Å²) >= 11 is 5.82. The Morgan fingerprint density at radius 2 is 2.04 bits per heavy atom. The molecule has 1 aromatic heterocycles. The van der Waals surface area contributed by atoms with Crippen LogP contribution in [-0.2, 0) is 15.8 Å². The third-order valence-corrected chi connectivity index (χ3v) is 5.67. The maximum Gasteiger partial charge on any atom is 0.233 e. The maximum atomic E-state index is 12.5. The number of hydrogen-bond acceptors (Lipinski definition) is 5. The predicted molar refractivity (Wildman–Crippen MR) is 86.7 cm³/mol. The molecule has 1 atom stereocenters. The second-order valence-electron chi connectivity index (χ2n) is 5.33.